The van der Waals surface area contributed by atoms with E-state index in [4.69, 9.17) is 4.74 Å². The molecule has 0 saturated carbocycles. The Morgan fingerprint density at radius 1 is 1.00 bits per heavy atom. The van der Waals surface area contributed by atoms with Crippen LogP contribution in [0, 0.1) is 0 Å². The molecular weight excluding hydrogens is 312 g/mol. The summed E-state index contributed by atoms with van der Waals surface area (Å²) in [7, 11) is 1.63. The van der Waals surface area contributed by atoms with E-state index in [1.807, 2.05) is 67.6 Å². The molecule has 0 aliphatic heterocycles. The van der Waals surface area contributed by atoms with Crippen LogP contribution in [0.4, 0.5) is 0 Å². The number of ether oxygens (including phenoxy) is 1. The number of hydrogen-bond acceptors (Lipinski definition) is 3. The topological polar surface area (TPSA) is 51.2 Å². The number of pyridine rings is 1. The van der Waals surface area contributed by atoms with Gasteiger partial charge < -0.3 is 10.1 Å². The molecule has 4 heteroatoms. The average Bonchev–Trinajstić information content (AvgIpc) is 2.68. The summed E-state index contributed by atoms with van der Waals surface area (Å²) in [6.07, 6.45) is 3.51. The fraction of sp³-hybridized carbons (Fsp3) is 0.143. The van der Waals surface area contributed by atoms with E-state index in [2.05, 4.69) is 10.3 Å². The van der Waals surface area contributed by atoms with Crippen LogP contribution < -0.4 is 10.1 Å². The fourth-order valence-electron chi connectivity index (χ4n) is 2.63. The van der Waals surface area contributed by atoms with Crippen molar-refractivity contribution in [1.82, 2.24) is 10.3 Å². The van der Waals surface area contributed by atoms with Crippen molar-refractivity contribution in [2.75, 3.05) is 7.11 Å². The molecule has 0 saturated heterocycles. The highest BCUT2D eigenvalue weighted by Crippen LogP contribution is 2.21. The third-order valence-corrected chi connectivity index (χ3v) is 4.10. The van der Waals surface area contributed by atoms with Crippen molar-refractivity contribution in [3.63, 3.8) is 0 Å². The molecule has 25 heavy (non-hydrogen) atoms. The Morgan fingerprint density at radius 2 is 1.68 bits per heavy atom. The number of nitrogens with zero attached hydrogens (tertiary/aromatic N) is 1. The number of amides is 1. The molecule has 1 heterocycles. The van der Waals surface area contributed by atoms with Gasteiger partial charge in [0.15, 0.2) is 0 Å². The number of methoxy groups -OCH3 is 1. The molecule has 3 aromatic rings. The van der Waals surface area contributed by atoms with Gasteiger partial charge in [0.05, 0.1) is 13.2 Å². The molecule has 1 atom stereocenters. The third kappa shape index (κ3) is 4.04. The van der Waals surface area contributed by atoms with Crippen LogP contribution in [0.1, 0.15) is 28.9 Å². The predicted octanol–water partition coefficient (Wildman–Crippen LogP) is 4.25. The molecule has 0 fully saturated rings. The molecule has 1 aromatic heterocycles. The van der Waals surface area contributed by atoms with Crippen LogP contribution in [0.2, 0.25) is 0 Å². The second-order valence-electron chi connectivity index (χ2n) is 5.79. The Hall–Kier alpha value is -3.14. The molecule has 4 nitrogen and oxygen atoms in total. The van der Waals surface area contributed by atoms with Crippen LogP contribution >= 0.6 is 0 Å². The molecule has 0 radical (unpaired) electrons. The number of nitrogens with one attached hydrogen (secondary N) is 1. The Labute approximate surface area is 147 Å². The van der Waals surface area contributed by atoms with Crippen molar-refractivity contribution >= 4 is 5.91 Å². The maximum atomic E-state index is 12.5. The molecule has 1 amide bonds. The van der Waals surface area contributed by atoms with Gasteiger partial charge in [0.25, 0.3) is 5.91 Å². The summed E-state index contributed by atoms with van der Waals surface area (Å²) in [4.78, 5) is 16.5. The minimum absolute atomic E-state index is 0.100. The molecule has 0 aliphatic rings. The van der Waals surface area contributed by atoms with Gasteiger partial charge in [-0.3, -0.25) is 9.78 Å². The maximum absolute atomic E-state index is 12.5. The quantitative estimate of drug-likeness (QED) is 0.760. The Kier molecular flexibility index (Phi) is 5.09. The molecule has 0 spiro atoms. The Morgan fingerprint density at radius 3 is 2.36 bits per heavy atom. The van der Waals surface area contributed by atoms with Gasteiger partial charge in [-0.05, 0) is 60.0 Å². The number of benzene rings is 2. The summed E-state index contributed by atoms with van der Waals surface area (Å²) >= 11 is 0. The second kappa shape index (κ2) is 7.62. The van der Waals surface area contributed by atoms with Crippen LogP contribution in [0.5, 0.6) is 5.75 Å². The smallest absolute Gasteiger partial charge is 0.251 e. The number of carbonyl (C=O) groups is 1. The summed E-state index contributed by atoms with van der Waals surface area (Å²) in [5, 5.41) is 3.02. The van der Waals surface area contributed by atoms with Crippen molar-refractivity contribution < 1.29 is 9.53 Å². The molecule has 0 aliphatic carbocycles. The van der Waals surface area contributed by atoms with Crippen molar-refractivity contribution in [3.8, 4) is 16.9 Å². The monoisotopic (exact) mass is 332 g/mol. The summed E-state index contributed by atoms with van der Waals surface area (Å²) in [5.41, 5.74) is 3.76. The van der Waals surface area contributed by atoms with Gasteiger partial charge in [0.2, 0.25) is 0 Å². The van der Waals surface area contributed by atoms with Crippen LogP contribution in [-0.2, 0) is 0 Å². The summed E-state index contributed by atoms with van der Waals surface area (Å²) in [6, 6.07) is 19.0. The van der Waals surface area contributed by atoms with E-state index < -0.39 is 0 Å². The molecule has 2 aromatic carbocycles. The van der Waals surface area contributed by atoms with Gasteiger partial charge in [-0.25, -0.2) is 0 Å². The van der Waals surface area contributed by atoms with Crippen LogP contribution in [-0.4, -0.2) is 18.0 Å². The van der Waals surface area contributed by atoms with Gasteiger partial charge in [0.1, 0.15) is 5.75 Å². The maximum Gasteiger partial charge on any atom is 0.251 e. The zero-order valence-electron chi connectivity index (χ0n) is 14.3. The lowest BCUT2D eigenvalue weighted by molar-refractivity contribution is 0.0940. The van der Waals surface area contributed by atoms with Crippen molar-refractivity contribution in [3.05, 3.63) is 84.2 Å². The minimum Gasteiger partial charge on any atom is -0.497 e. The number of rotatable bonds is 5. The van der Waals surface area contributed by atoms with Crippen molar-refractivity contribution in [2.24, 2.45) is 0 Å². The highest BCUT2D eigenvalue weighted by Gasteiger charge is 2.12. The van der Waals surface area contributed by atoms with E-state index in [1.165, 1.54) is 0 Å². The molecule has 0 bridgehead atoms. The fourth-order valence-corrected chi connectivity index (χ4v) is 2.63. The minimum atomic E-state index is -0.109. The largest absolute Gasteiger partial charge is 0.497 e. The van der Waals surface area contributed by atoms with E-state index in [1.54, 1.807) is 19.5 Å². The van der Waals surface area contributed by atoms with Crippen LogP contribution in [0.25, 0.3) is 11.1 Å². The van der Waals surface area contributed by atoms with Gasteiger partial charge in [-0.1, -0.05) is 24.3 Å². The zero-order valence-corrected chi connectivity index (χ0v) is 14.3. The first-order valence-corrected chi connectivity index (χ1v) is 8.12. The first-order valence-electron chi connectivity index (χ1n) is 8.12. The van der Waals surface area contributed by atoms with Crippen LogP contribution in [0.3, 0.4) is 0 Å². The number of carbonyl (C=O) groups excluding carboxylic acids is 1. The van der Waals surface area contributed by atoms with E-state index in [0.29, 0.717) is 5.56 Å². The SMILES string of the molecule is COc1cccc([C@@H](C)NC(=O)c2ccc(-c3ccncc3)cc2)c1. The number of aromatic nitrogens is 1. The predicted molar refractivity (Wildman–Crippen MR) is 98.5 cm³/mol. The first kappa shape index (κ1) is 16.7. The van der Waals surface area contributed by atoms with E-state index in [0.717, 1.165) is 22.4 Å². The van der Waals surface area contributed by atoms with Gasteiger partial charge in [-0.15, -0.1) is 0 Å². The molecule has 1 N–H and O–H groups in total. The zero-order chi connectivity index (χ0) is 17.6. The number of hydrogen-bond donors (Lipinski definition) is 1. The summed E-state index contributed by atoms with van der Waals surface area (Å²) < 4.78 is 5.23. The Bertz CT molecular complexity index is 845. The van der Waals surface area contributed by atoms with E-state index in [9.17, 15) is 4.79 Å². The summed E-state index contributed by atoms with van der Waals surface area (Å²) in [6.45, 7) is 1.96. The summed E-state index contributed by atoms with van der Waals surface area (Å²) in [5.74, 6) is 0.678. The molecular formula is C21H20N2O2. The lowest BCUT2D eigenvalue weighted by Gasteiger charge is -2.15. The third-order valence-electron chi connectivity index (χ3n) is 4.10. The first-order chi connectivity index (χ1) is 12.2. The normalized spacial score (nSPS) is 11.6. The average molecular weight is 332 g/mol. The van der Waals surface area contributed by atoms with Gasteiger partial charge >= 0.3 is 0 Å². The van der Waals surface area contributed by atoms with Crippen molar-refractivity contribution in [2.45, 2.75) is 13.0 Å². The molecule has 126 valence electrons. The van der Waals surface area contributed by atoms with E-state index >= 15 is 0 Å². The highest BCUT2D eigenvalue weighted by molar-refractivity contribution is 5.94. The van der Waals surface area contributed by atoms with Gasteiger partial charge in [-0.2, -0.15) is 0 Å². The second-order valence-corrected chi connectivity index (χ2v) is 5.79. The Balaban J connectivity index is 1.70. The highest BCUT2D eigenvalue weighted by atomic mass is 16.5. The standard InChI is InChI=1S/C21H20N2O2/c1-15(19-4-3-5-20(14-19)25-2)23-21(24)18-8-6-16(7-9-18)17-10-12-22-13-11-17/h3-15H,1-2H3,(H,23,24)/t15-/m1/s1. The van der Waals surface area contributed by atoms with Gasteiger partial charge in [0, 0.05) is 18.0 Å². The lowest BCUT2D eigenvalue weighted by Crippen LogP contribution is -2.26. The molecule has 0 unspecified atom stereocenters. The van der Waals surface area contributed by atoms with E-state index in [-0.39, 0.29) is 11.9 Å². The van der Waals surface area contributed by atoms with Crippen molar-refractivity contribution in [1.29, 1.82) is 0 Å². The van der Waals surface area contributed by atoms with Crippen LogP contribution in [0.15, 0.2) is 73.1 Å². The molecule has 3 rings (SSSR count). The lowest BCUT2D eigenvalue weighted by atomic mass is 10.0.